The number of rotatable bonds is 3. The number of benzene rings is 1. The molecule has 2 aliphatic rings. The second-order valence-corrected chi connectivity index (χ2v) is 6.66. The lowest BCUT2D eigenvalue weighted by Gasteiger charge is -2.43. The highest BCUT2D eigenvalue weighted by Gasteiger charge is 2.38. The van der Waals surface area contributed by atoms with E-state index in [1.54, 1.807) is 0 Å². The van der Waals surface area contributed by atoms with Crippen LogP contribution >= 0.6 is 15.9 Å². The molecule has 20 heavy (non-hydrogen) atoms. The fourth-order valence-corrected chi connectivity index (χ4v) is 3.61. The molecule has 110 valence electrons. The first-order chi connectivity index (χ1) is 9.77. The van der Waals surface area contributed by atoms with E-state index in [9.17, 15) is 0 Å². The van der Waals surface area contributed by atoms with Crippen LogP contribution in [0.5, 0.6) is 0 Å². The molecule has 0 aliphatic carbocycles. The van der Waals surface area contributed by atoms with Crippen LogP contribution in [0.4, 0.5) is 0 Å². The summed E-state index contributed by atoms with van der Waals surface area (Å²) in [5.74, 6) is 0. The van der Waals surface area contributed by atoms with E-state index in [4.69, 9.17) is 9.47 Å². The summed E-state index contributed by atoms with van der Waals surface area (Å²) >= 11 is 3.61. The molecular weight excluding hydrogens is 318 g/mol. The maximum absolute atomic E-state index is 6.08. The van der Waals surface area contributed by atoms with Crippen molar-refractivity contribution in [3.05, 3.63) is 34.3 Å². The highest BCUT2D eigenvalue weighted by Crippen LogP contribution is 2.34. The van der Waals surface area contributed by atoms with Crippen LogP contribution in [0, 0.1) is 0 Å². The van der Waals surface area contributed by atoms with Crippen molar-refractivity contribution in [3.63, 3.8) is 0 Å². The summed E-state index contributed by atoms with van der Waals surface area (Å²) in [6, 6.07) is 8.96. The summed E-state index contributed by atoms with van der Waals surface area (Å²) in [6.07, 6.45) is 4.30. The Morgan fingerprint density at radius 3 is 2.80 bits per heavy atom. The van der Waals surface area contributed by atoms with Gasteiger partial charge < -0.3 is 14.8 Å². The van der Waals surface area contributed by atoms with Crippen LogP contribution in [0.25, 0.3) is 0 Å². The summed E-state index contributed by atoms with van der Waals surface area (Å²) in [5.41, 5.74) is 1.39. The van der Waals surface area contributed by atoms with Gasteiger partial charge in [0.15, 0.2) is 0 Å². The monoisotopic (exact) mass is 339 g/mol. The first kappa shape index (κ1) is 14.5. The molecule has 1 aromatic rings. The molecule has 0 amide bonds. The molecule has 3 rings (SSSR count). The summed E-state index contributed by atoms with van der Waals surface area (Å²) in [5, 5.41) is 3.70. The normalized spacial score (nSPS) is 25.8. The Labute approximate surface area is 129 Å². The predicted molar refractivity (Wildman–Crippen MR) is 82.7 cm³/mol. The number of halogens is 1. The van der Waals surface area contributed by atoms with Gasteiger partial charge >= 0.3 is 0 Å². The molecule has 1 spiro atoms. The quantitative estimate of drug-likeness (QED) is 0.916. The molecule has 1 aromatic carbocycles. The number of nitrogens with one attached hydrogen (secondary N) is 1. The van der Waals surface area contributed by atoms with E-state index in [0.717, 1.165) is 52.0 Å². The van der Waals surface area contributed by atoms with Gasteiger partial charge in [0.2, 0.25) is 0 Å². The second-order valence-electron chi connectivity index (χ2n) is 5.81. The minimum atomic E-state index is 0.0715. The third-order valence-corrected chi connectivity index (χ3v) is 5.21. The molecule has 3 nitrogen and oxygen atoms in total. The van der Waals surface area contributed by atoms with E-state index in [0.29, 0.717) is 6.04 Å². The highest BCUT2D eigenvalue weighted by molar-refractivity contribution is 9.10. The summed E-state index contributed by atoms with van der Waals surface area (Å²) in [7, 11) is 0. The van der Waals surface area contributed by atoms with E-state index < -0.39 is 0 Å². The Balaban J connectivity index is 1.56. The molecule has 2 heterocycles. The van der Waals surface area contributed by atoms with E-state index in [1.165, 1.54) is 10.0 Å². The van der Waals surface area contributed by atoms with Crippen LogP contribution in [0.3, 0.4) is 0 Å². The van der Waals surface area contributed by atoms with Crippen molar-refractivity contribution in [3.8, 4) is 0 Å². The molecule has 1 N–H and O–H groups in total. The minimum Gasteiger partial charge on any atom is -0.381 e. The lowest BCUT2D eigenvalue weighted by Crippen LogP contribution is -2.49. The van der Waals surface area contributed by atoms with Crippen LogP contribution in [0.1, 0.15) is 31.2 Å². The predicted octanol–water partition coefficient (Wildman–Crippen LogP) is 3.27. The van der Waals surface area contributed by atoms with Crippen LogP contribution in [0.15, 0.2) is 28.7 Å². The van der Waals surface area contributed by atoms with Crippen molar-refractivity contribution in [2.45, 2.75) is 43.9 Å². The van der Waals surface area contributed by atoms with Gasteiger partial charge in [-0.3, -0.25) is 0 Å². The first-order valence-corrected chi connectivity index (χ1v) is 8.25. The van der Waals surface area contributed by atoms with E-state index in [-0.39, 0.29) is 5.60 Å². The summed E-state index contributed by atoms with van der Waals surface area (Å²) in [4.78, 5) is 0. The molecule has 0 radical (unpaired) electrons. The summed E-state index contributed by atoms with van der Waals surface area (Å²) in [6.45, 7) is 3.47. The number of hydrogen-bond acceptors (Lipinski definition) is 3. The zero-order valence-electron chi connectivity index (χ0n) is 11.7. The average molecular weight is 340 g/mol. The third-order valence-electron chi connectivity index (χ3n) is 4.44. The minimum absolute atomic E-state index is 0.0715. The number of ether oxygens (including phenoxy) is 2. The van der Waals surface area contributed by atoms with Gasteiger partial charge in [-0.15, -0.1) is 0 Å². The van der Waals surface area contributed by atoms with Crippen LogP contribution in [-0.2, 0) is 16.0 Å². The molecule has 0 bridgehead atoms. The highest BCUT2D eigenvalue weighted by atomic mass is 79.9. The van der Waals surface area contributed by atoms with Gasteiger partial charge in [-0.1, -0.05) is 34.1 Å². The van der Waals surface area contributed by atoms with Gasteiger partial charge in [-0.25, -0.2) is 0 Å². The third kappa shape index (κ3) is 3.42. The van der Waals surface area contributed by atoms with Crippen molar-refractivity contribution in [1.29, 1.82) is 0 Å². The Morgan fingerprint density at radius 2 is 2.00 bits per heavy atom. The zero-order valence-corrected chi connectivity index (χ0v) is 13.3. The Kier molecular flexibility index (Phi) is 4.76. The first-order valence-electron chi connectivity index (χ1n) is 7.46. The topological polar surface area (TPSA) is 30.5 Å². The molecule has 1 atom stereocenters. The van der Waals surface area contributed by atoms with Crippen LogP contribution < -0.4 is 5.32 Å². The molecule has 0 saturated carbocycles. The van der Waals surface area contributed by atoms with Crippen LogP contribution in [0.2, 0.25) is 0 Å². The second kappa shape index (κ2) is 6.56. The maximum Gasteiger partial charge on any atom is 0.0741 e. The van der Waals surface area contributed by atoms with Gasteiger partial charge in [0, 0.05) is 36.9 Å². The van der Waals surface area contributed by atoms with E-state index in [1.807, 2.05) is 0 Å². The van der Waals surface area contributed by atoms with Crippen molar-refractivity contribution in [2.75, 3.05) is 19.8 Å². The van der Waals surface area contributed by atoms with Crippen LogP contribution in [-0.4, -0.2) is 31.5 Å². The molecule has 0 aromatic heterocycles. The molecule has 2 saturated heterocycles. The molecular formula is C16H22BrNO2. The zero-order chi connectivity index (χ0) is 13.8. The smallest absolute Gasteiger partial charge is 0.0741 e. The lowest BCUT2D eigenvalue weighted by atomic mass is 9.84. The van der Waals surface area contributed by atoms with Gasteiger partial charge in [0.25, 0.3) is 0 Å². The largest absolute Gasteiger partial charge is 0.381 e. The molecule has 1 unspecified atom stereocenters. The number of hydrogen-bond donors (Lipinski definition) is 1. The maximum atomic E-state index is 6.08. The van der Waals surface area contributed by atoms with Gasteiger partial charge in [-0.05, 0) is 37.3 Å². The summed E-state index contributed by atoms with van der Waals surface area (Å²) < 4.78 is 12.7. The lowest BCUT2D eigenvalue weighted by molar-refractivity contribution is -0.140. The van der Waals surface area contributed by atoms with Crippen molar-refractivity contribution < 1.29 is 9.47 Å². The van der Waals surface area contributed by atoms with Crippen molar-refractivity contribution in [2.24, 2.45) is 0 Å². The average Bonchev–Trinajstić information content (AvgIpc) is 2.47. The van der Waals surface area contributed by atoms with E-state index >= 15 is 0 Å². The fourth-order valence-electron chi connectivity index (χ4n) is 3.19. The Morgan fingerprint density at radius 1 is 1.20 bits per heavy atom. The SMILES string of the molecule is Brc1ccccc1CNC1CCOC2(CCOCC2)C1. The van der Waals surface area contributed by atoms with Gasteiger partial charge in [-0.2, -0.15) is 0 Å². The van der Waals surface area contributed by atoms with E-state index in [2.05, 4.69) is 45.5 Å². The standard InChI is InChI=1S/C16H22BrNO2/c17-15-4-2-1-3-13(15)12-18-14-5-8-20-16(11-14)6-9-19-10-7-16/h1-4,14,18H,5-12H2. The molecule has 4 heteroatoms. The van der Waals surface area contributed by atoms with Crippen molar-refractivity contribution >= 4 is 15.9 Å². The Bertz CT molecular complexity index is 440. The van der Waals surface area contributed by atoms with Gasteiger partial charge in [0.05, 0.1) is 5.60 Å². The van der Waals surface area contributed by atoms with Crippen molar-refractivity contribution in [1.82, 2.24) is 5.32 Å². The Hall–Kier alpha value is -0.420. The fraction of sp³-hybridized carbons (Fsp3) is 0.625. The molecule has 2 fully saturated rings. The van der Waals surface area contributed by atoms with Gasteiger partial charge in [0.1, 0.15) is 0 Å². The molecule has 2 aliphatic heterocycles.